The minimum absolute atomic E-state index is 0.0684. The normalized spacial score (nSPS) is 12.5. The molecule has 0 bridgehead atoms. The van der Waals surface area contributed by atoms with E-state index in [0.29, 0.717) is 11.6 Å². The van der Waals surface area contributed by atoms with Gasteiger partial charge in [-0.25, -0.2) is 15.0 Å². The molecule has 1 atom stereocenters. The fourth-order valence-corrected chi connectivity index (χ4v) is 3.42. The van der Waals surface area contributed by atoms with Crippen LogP contribution in [0.3, 0.4) is 0 Å². The number of aryl methyl sites for hydroxylation is 1. The Morgan fingerprint density at radius 2 is 1.89 bits per heavy atom. The van der Waals surface area contributed by atoms with Crippen molar-refractivity contribution in [3.05, 3.63) is 72.3 Å². The SMILES string of the molecule is Cc1cccn2c(-c3nc(N[C@@H](C)c4ccccc4)nc4[nH]cnc34)cnc12. The number of hydrogen-bond donors (Lipinski definition) is 2. The van der Waals surface area contributed by atoms with E-state index in [9.17, 15) is 0 Å². The number of anilines is 1. The number of H-pyrrole nitrogens is 1. The minimum Gasteiger partial charge on any atom is -0.348 e. The molecule has 0 saturated carbocycles. The summed E-state index contributed by atoms with van der Waals surface area (Å²) >= 11 is 0. The van der Waals surface area contributed by atoms with Crippen LogP contribution in [0.15, 0.2) is 61.2 Å². The van der Waals surface area contributed by atoms with Crippen LogP contribution in [0.25, 0.3) is 28.2 Å². The van der Waals surface area contributed by atoms with Crippen molar-refractivity contribution in [2.75, 3.05) is 5.32 Å². The fraction of sp³-hybridized carbons (Fsp3) is 0.143. The molecule has 7 nitrogen and oxygen atoms in total. The van der Waals surface area contributed by atoms with Crippen LogP contribution in [0.2, 0.25) is 0 Å². The Labute approximate surface area is 161 Å². The lowest BCUT2D eigenvalue weighted by Crippen LogP contribution is -2.10. The van der Waals surface area contributed by atoms with Crippen molar-refractivity contribution in [2.45, 2.75) is 19.9 Å². The smallest absolute Gasteiger partial charge is 0.225 e. The fourth-order valence-electron chi connectivity index (χ4n) is 3.42. The van der Waals surface area contributed by atoms with Crippen molar-refractivity contribution < 1.29 is 0 Å². The molecule has 0 aliphatic carbocycles. The monoisotopic (exact) mass is 369 g/mol. The Bertz CT molecular complexity index is 1270. The third-order valence-corrected chi connectivity index (χ3v) is 4.90. The summed E-state index contributed by atoms with van der Waals surface area (Å²) in [7, 11) is 0. The molecule has 28 heavy (non-hydrogen) atoms. The molecule has 0 saturated heterocycles. The van der Waals surface area contributed by atoms with Gasteiger partial charge in [0.2, 0.25) is 5.95 Å². The molecule has 0 unspecified atom stereocenters. The van der Waals surface area contributed by atoms with Gasteiger partial charge in [0.15, 0.2) is 5.65 Å². The van der Waals surface area contributed by atoms with Crippen LogP contribution in [-0.4, -0.2) is 29.3 Å². The van der Waals surface area contributed by atoms with Crippen LogP contribution in [0.5, 0.6) is 0 Å². The zero-order chi connectivity index (χ0) is 19.1. The topological polar surface area (TPSA) is 83.8 Å². The van der Waals surface area contributed by atoms with Gasteiger partial charge in [-0.2, -0.15) is 4.98 Å². The highest BCUT2D eigenvalue weighted by Gasteiger charge is 2.17. The summed E-state index contributed by atoms with van der Waals surface area (Å²) in [5, 5.41) is 3.40. The number of nitrogens with zero attached hydrogens (tertiary/aromatic N) is 5. The molecular formula is C21H19N7. The number of imidazole rings is 2. The van der Waals surface area contributed by atoms with E-state index in [0.717, 1.165) is 28.1 Å². The summed E-state index contributed by atoms with van der Waals surface area (Å²) in [6.07, 6.45) is 5.47. The maximum atomic E-state index is 4.80. The summed E-state index contributed by atoms with van der Waals surface area (Å²) in [5.41, 5.74) is 6.23. The van der Waals surface area contributed by atoms with Crippen molar-refractivity contribution in [1.29, 1.82) is 0 Å². The molecule has 7 heteroatoms. The second-order valence-corrected chi connectivity index (χ2v) is 6.80. The summed E-state index contributed by atoms with van der Waals surface area (Å²) in [6, 6.07) is 14.4. The molecule has 1 aromatic carbocycles. The maximum absolute atomic E-state index is 4.80. The predicted octanol–water partition coefficient (Wildman–Crippen LogP) is 4.15. The molecule has 0 amide bonds. The quantitative estimate of drug-likeness (QED) is 0.497. The third-order valence-electron chi connectivity index (χ3n) is 4.90. The Morgan fingerprint density at radius 3 is 2.75 bits per heavy atom. The Hall–Kier alpha value is -3.74. The first-order chi connectivity index (χ1) is 13.7. The van der Waals surface area contributed by atoms with Gasteiger partial charge in [0.1, 0.15) is 16.9 Å². The first-order valence-electron chi connectivity index (χ1n) is 9.16. The molecular weight excluding hydrogens is 350 g/mol. The summed E-state index contributed by atoms with van der Waals surface area (Å²) < 4.78 is 2.04. The first-order valence-corrected chi connectivity index (χ1v) is 9.16. The van der Waals surface area contributed by atoms with E-state index in [2.05, 4.69) is 44.3 Å². The molecule has 2 N–H and O–H groups in total. The number of rotatable bonds is 4. The van der Waals surface area contributed by atoms with Crippen LogP contribution in [-0.2, 0) is 0 Å². The first kappa shape index (κ1) is 16.4. The number of pyridine rings is 1. The lowest BCUT2D eigenvalue weighted by Gasteiger charge is -2.15. The van der Waals surface area contributed by atoms with E-state index in [1.54, 1.807) is 6.33 Å². The van der Waals surface area contributed by atoms with E-state index in [1.165, 1.54) is 5.56 Å². The second-order valence-electron chi connectivity index (χ2n) is 6.80. The molecule has 5 aromatic rings. The van der Waals surface area contributed by atoms with E-state index < -0.39 is 0 Å². The van der Waals surface area contributed by atoms with Crippen molar-refractivity contribution in [3.63, 3.8) is 0 Å². The summed E-state index contributed by atoms with van der Waals surface area (Å²) in [5.74, 6) is 0.547. The maximum Gasteiger partial charge on any atom is 0.225 e. The van der Waals surface area contributed by atoms with Gasteiger partial charge in [-0.3, -0.25) is 4.40 Å². The molecule has 138 valence electrons. The standard InChI is InChI=1S/C21H19N7/c1-13-7-6-10-28-16(11-22-20(13)28)17-18-19(24-12-23-18)27-21(26-17)25-14(2)15-8-4-3-5-9-15/h3-12,14H,1-2H3,(H2,23,24,25,26,27)/t14-/m0/s1. The molecule has 4 aromatic heterocycles. The highest BCUT2D eigenvalue weighted by Crippen LogP contribution is 2.28. The Balaban J connectivity index is 1.63. The van der Waals surface area contributed by atoms with E-state index in [-0.39, 0.29) is 6.04 Å². The zero-order valence-corrected chi connectivity index (χ0v) is 15.6. The minimum atomic E-state index is 0.0684. The van der Waals surface area contributed by atoms with Gasteiger partial charge in [0.25, 0.3) is 0 Å². The number of aromatic nitrogens is 6. The van der Waals surface area contributed by atoms with E-state index in [1.807, 2.05) is 54.0 Å². The number of hydrogen-bond acceptors (Lipinski definition) is 5. The van der Waals surface area contributed by atoms with Gasteiger partial charge in [0, 0.05) is 6.20 Å². The van der Waals surface area contributed by atoms with Gasteiger partial charge in [0.05, 0.1) is 24.3 Å². The molecule has 4 heterocycles. The molecule has 0 aliphatic rings. The van der Waals surface area contributed by atoms with E-state index >= 15 is 0 Å². The van der Waals surface area contributed by atoms with Gasteiger partial charge in [-0.1, -0.05) is 36.4 Å². The number of benzene rings is 1. The van der Waals surface area contributed by atoms with Crippen molar-refractivity contribution in [3.8, 4) is 11.4 Å². The van der Waals surface area contributed by atoms with Crippen LogP contribution in [0.4, 0.5) is 5.95 Å². The van der Waals surface area contributed by atoms with E-state index in [4.69, 9.17) is 4.98 Å². The molecule has 0 radical (unpaired) electrons. The van der Waals surface area contributed by atoms with Crippen LogP contribution >= 0.6 is 0 Å². The lowest BCUT2D eigenvalue weighted by molar-refractivity contribution is 0.863. The number of nitrogens with one attached hydrogen (secondary N) is 2. The lowest BCUT2D eigenvalue weighted by atomic mass is 10.1. The van der Waals surface area contributed by atoms with Gasteiger partial charge in [-0.15, -0.1) is 0 Å². The van der Waals surface area contributed by atoms with Crippen molar-refractivity contribution in [1.82, 2.24) is 29.3 Å². The molecule has 0 spiro atoms. The summed E-state index contributed by atoms with van der Waals surface area (Å²) in [4.78, 5) is 21.5. The van der Waals surface area contributed by atoms with Crippen molar-refractivity contribution >= 4 is 22.8 Å². The van der Waals surface area contributed by atoms with Crippen molar-refractivity contribution in [2.24, 2.45) is 0 Å². The van der Waals surface area contributed by atoms with Gasteiger partial charge in [-0.05, 0) is 31.0 Å². The number of fused-ring (bicyclic) bond motifs is 2. The van der Waals surface area contributed by atoms with Gasteiger partial charge < -0.3 is 10.3 Å². The third kappa shape index (κ3) is 2.68. The highest BCUT2D eigenvalue weighted by atomic mass is 15.2. The molecule has 5 rings (SSSR count). The molecule has 0 fully saturated rings. The van der Waals surface area contributed by atoms with Gasteiger partial charge >= 0.3 is 0 Å². The molecule has 0 aliphatic heterocycles. The average molecular weight is 369 g/mol. The second kappa shape index (κ2) is 6.45. The zero-order valence-electron chi connectivity index (χ0n) is 15.6. The van der Waals surface area contributed by atoms with Crippen LogP contribution in [0, 0.1) is 6.92 Å². The van der Waals surface area contributed by atoms with Crippen LogP contribution in [0.1, 0.15) is 24.1 Å². The Morgan fingerprint density at radius 1 is 1.04 bits per heavy atom. The largest absolute Gasteiger partial charge is 0.348 e. The highest BCUT2D eigenvalue weighted by molar-refractivity contribution is 5.87. The predicted molar refractivity (Wildman–Crippen MR) is 109 cm³/mol. The number of aromatic amines is 1. The summed E-state index contributed by atoms with van der Waals surface area (Å²) in [6.45, 7) is 4.14. The average Bonchev–Trinajstić information content (AvgIpc) is 3.36. The Kier molecular flexibility index (Phi) is 3.79. The van der Waals surface area contributed by atoms with Crippen LogP contribution < -0.4 is 5.32 Å².